The summed E-state index contributed by atoms with van der Waals surface area (Å²) in [6.07, 6.45) is 5.21. The van der Waals surface area contributed by atoms with Crippen LogP contribution in [0.1, 0.15) is 18.4 Å². The highest BCUT2D eigenvalue weighted by molar-refractivity contribution is 5.78. The normalized spacial score (nSPS) is 16.3. The van der Waals surface area contributed by atoms with E-state index >= 15 is 0 Å². The van der Waals surface area contributed by atoms with E-state index in [9.17, 15) is 4.79 Å². The maximum Gasteiger partial charge on any atom is 0.329 e. The summed E-state index contributed by atoms with van der Waals surface area (Å²) in [4.78, 5) is 21.7. The maximum absolute atomic E-state index is 13.0. The van der Waals surface area contributed by atoms with Gasteiger partial charge in [0.05, 0.1) is 5.69 Å². The van der Waals surface area contributed by atoms with Gasteiger partial charge in [-0.2, -0.15) is 0 Å². The molecule has 1 fully saturated rings. The molecule has 2 aliphatic heterocycles. The number of rotatable bonds is 4. The fourth-order valence-corrected chi connectivity index (χ4v) is 4.38. The van der Waals surface area contributed by atoms with Crippen LogP contribution >= 0.6 is 0 Å². The molecule has 0 unspecified atom stereocenters. The van der Waals surface area contributed by atoms with Gasteiger partial charge < -0.3 is 20.1 Å². The van der Waals surface area contributed by atoms with Gasteiger partial charge in [0.15, 0.2) is 11.5 Å². The summed E-state index contributed by atoms with van der Waals surface area (Å²) in [5, 5.41) is 0. The monoisotopic (exact) mass is 433 g/mol. The van der Waals surface area contributed by atoms with E-state index in [1.807, 2.05) is 42.3 Å². The van der Waals surface area contributed by atoms with Gasteiger partial charge in [0, 0.05) is 50.2 Å². The second-order valence-electron chi connectivity index (χ2n) is 8.38. The van der Waals surface area contributed by atoms with Crippen molar-refractivity contribution in [2.24, 2.45) is 0 Å². The Morgan fingerprint density at radius 1 is 1.16 bits per heavy atom. The van der Waals surface area contributed by atoms with Gasteiger partial charge in [0.25, 0.3) is 0 Å². The van der Waals surface area contributed by atoms with Crippen LogP contribution in [0.5, 0.6) is 11.5 Å². The van der Waals surface area contributed by atoms with Crippen LogP contribution in [-0.2, 0) is 6.54 Å². The van der Waals surface area contributed by atoms with E-state index in [4.69, 9.17) is 15.2 Å². The number of likely N-dealkylation sites (tertiary alicyclic amines) is 1. The minimum atomic E-state index is -0.0677. The molecule has 3 aromatic rings. The SMILES string of the molecule is CN(C(=O)n1cnc(-c2cccc(N)c2)c1)C1CCN(Cc2ccc3c(c2)OCO3)CC1. The quantitative estimate of drug-likeness (QED) is 0.635. The Kier molecular flexibility index (Phi) is 5.45. The number of hydrogen-bond donors (Lipinski definition) is 1. The molecular formula is C24H27N5O3. The van der Waals surface area contributed by atoms with Crippen molar-refractivity contribution in [3.8, 4) is 22.8 Å². The fourth-order valence-electron chi connectivity index (χ4n) is 4.38. The van der Waals surface area contributed by atoms with Crippen LogP contribution in [0, 0.1) is 0 Å². The average Bonchev–Trinajstić information content (AvgIpc) is 3.48. The number of benzene rings is 2. The van der Waals surface area contributed by atoms with E-state index in [0.29, 0.717) is 12.5 Å². The average molecular weight is 434 g/mol. The molecule has 0 aliphatic carbocycles. The van der Waals surface area contributed by atoms with Gasteiger partial charge in [-0.25, -0.2) is 9.78 Å². The number of anilines is 1. The minimum absolute atomic E-state index is 0.0677. The molecule has 2 aliphatic rings. The number of nitrogen functional groups attached to an aromatic ring is 1. The summed E-state index contributed by atoms with van der Waals surface area (Å²) in [6, 6.07) is 13.8. The Morgan fingerprint density at radius 2 is 1.97 bits per heavy atom. The zero-order valence-corrected chi connectivity index (χ0v) is 18.1. The zero-order valence-electron chi connectivity index (χ0n) is 18.1. The summed E-state index contributed by atoms with van der Waals surface area (Å²) < 4.78 is 12.4. The largest absolute Gasteiger partial charge is 0.454 e. The summed E-state index contributed by atoms with van der Waals surface area (Å²) in [5.41, 5.74) is 9.39. The zero-order chi connectivity index (χ0) is 22.1. The molecule has 8 nitrogen and oxygen atoms in total. The maximum atomic E-state index is 13.0. The van der Waals surface area contributed by atoms with Gasteiger partial charge >= 0.3 is 6.03 Å². The Bertz CT molecular complexity index is 1120. The molecule has 32 heavy (non-hydrogen) atoms. The lowest BCUT2D eigenvalue weighted by Crippen LogP contribution is -2.46. The Hall–Kier alpha value is -3.52. The molecule has 166 valence electrons. The number of imidazole rings is 1. The van der Waals surface area contributed by atoms with E-state index < -0.39 is 0 Å². The molecule has 8 heteroatoms. The predicted octanol–water partition coefficient (Wildman–Crippen LogP) is 3.43. The third-order valence-corrected chi connectivity index (χ3v) is 6.24. The number of fused-ring (bicyclic) bond motifs is 1. The Balaban J connectivity index is 1.17. The second kappa shape index (κ2) is 8.55. The number of aromatic nitrogens is 2. The smallest absolute Gasteiger partial charge is 0.329 e. The van der Waals surface area contributed by atoms with Gasteiger partial charge in [-0.15, -0.1) is 0 Å². The van der Waals surface area contributed by atoms with Crippen molar-refractivity contribution in [1.82, 2.24) is 19.4 Å². The standard InChI is InChI=1S/C24H27N5O3/c1-27(24(30)29-14-21(26-15-29)18-3-2-4-19(25)12-18)20-7-9-28(10-8-20)13-17-5-6-22-23(11-17)32-16-31-22/h2-6,11-12,14-15,20H,7-10,13,16,25H2,1H3. The highest BCUT2D eigenvalue weighted by Gasteiger charge is 2.26. The van der Waals surface area contributed by atoms with E-state index in [1.165, 1.54) is 5.56 Å². The number of hydrogen-bond acceptors (Lipinski definition) is 6. The van der Waals surface area contributed by atoms with E-state index in [1.54, 1.807) is 17.1 Å². The molecular weight excluding hydrogens is 406 g/mol. The van der Waals surface area contributed by atoms with Crippen LogP contribution in [-0.4, -0.2) is 58.4 Å². The van der Waals surface area contributed by atoms with Crippen LogP contribution in [0.25, 0.3) is 11.3 Å². The molecule has 2 aromatic carbocycles. The van der Waals surface area contributed by atoms with Crippen molar-refractivity contribution in [2.45, 2.75) is 25.4 Å². The highest BCUT2D eigenvalue weighted by Crippen LogP contribution is 2.33. The first-order chi connectivity index (χ1) is 15.6. The predicted molar refractivity (Wildman–Crippen MR) is 121 cm³/mol. The molecule has 1 amide bonds. The van der Waals surface area contributed by atoms with E-state index in [0.717, 1.165) is 55.2 Å². The van der Waals surface area contributed by atoms with Crippen LogP contribution in [0.15, 0.2) is 55.0 Å². The lowest BCUT2D eigenvalue weighted by molar-refractivity contribution is 0.131. The first kappa shape index (κ1) is 20.4. The van der Waals surface area contributed by atoms with Crippen LogP contribution in [0.3, 0.4) is 0 Å². The molecule has 5 rings (SSSR count). The molecule has 0 radical (unpaired) electrons. The third kappa shape index (κ3) is 4.13. The van der Waals surface area contributed by atoms with Crippen molar-refractivity contribution in [1.29, 1.82) is 0 Å². The second-order valence-corrected chi connectivity index (χ2v) is 8.38. The third-order valence-electron chi connectivity index (χ3n) is 6.24. The van der Waals surface area contributed by atoms with E-state index in [2.05, 4.69) is 22.0 Å². The van der Waals surface area contributed by atoms with Crippen molar-refractivity contribution >= 4 is 11.7 Å². The van der Waals surface area contributed by atoms with Gasteiger partial charge in [-0.3, -0.25) is 9.47 Å². The summed E-state index contributed by atoms with van der Waals surface area (Å²) in [5.74, 6) is 1.63. The summed E-state index contributed by atoms with van der Waals surface area (Å²) in [7, 11) is 1.88. The molecule has 0 bridgehead atoms. The number of amides is 1. The van der Waals surface area contributed by atoms with Crippen LogP contribution in [0.2, 0.25) is 0 Å². The van der Waals surface area contributed by atoms with Crippen molar-refractivity contribution in [2.75, 3.05) is 32.7 Å². The topological polar surface area (TPSA) is 85.9 Å². The Labute approximate surface area is 187 Å². The van der Waals surface area contributed by atoms with Gasteiger partial charge in [0.1, 0.15) is 6.33 Å². The minimum Gasteiger partial charge on any atom is -0.454 e. The molecule has 3 heterocycles. The number of nitrogens with two attached hydrogens (primary N) is 1. The van der Waals surface area contributed by atoms with Crippen molar-refractivity contribution in [3.05, 3.63) is 60.6 Å². The van der Waals surface area contributed by atoms with E-state index in [-0.39, 0.29) is 12.1 Å². The van der Waals surface area contributed by atoms with Gasteiger partial charge in [0.2, 0.25) is 6.79 Å². The lowest BCUT2D eigenvalue weighted by Gasteiger charge is -2.36. The van der Waals surface area contributed by atoms with Crippen LogP contribution < -0.4 is 15.2 Å². The first-order valence-electron chi connectivity index (χ1n) is 10.8. The number of piperidine rings is 1. The molecule has 1 aromatic heterocycles. The molecule has 2 N–H and O–H groups in total. The number of carbonyl (C=O) groups excluding carboxylic acids is 1. The van der Waals surface area contributed by atoms with Gasteiger partial charge in [-0.05, 0) is 42.7 Å². The highest BCUT2D eigenvalue weighted by atomic mass is 16.7. The Morgan fingerprint density at radius 3 is 2.78 bits per heavy atom. The molecule has 0 saturated carbocycles. The number of nitrogens with zero attached hydrogens (tertiary/aromatic N) is 4. The van der Waals surface area contributed by atoms with Crippen molar-refractivity contribution in [3.63, 3.8) is 0 Å². The number of carbonyl (C=O) groups is 1. The van der Waals surface area contributed by atoms with Crippen LogP contribution in [0.4, 0.5) is 10.5 Å². The summed E-state index contributed by atoms with van der Waals surface area (Å²) in [6.45, 7) is 3.04. The molecule has 1 saturated heterocycles. The molecule has 0 atom stereocenters. The summed E-state index contributed by atoms with van der Waals surface area (Å²) >= 11 is 0. The van der Waals surface area contributed by atoms with Crippen molar-refractivity contribution < 1.29 is 14.3 Å². The first-order valence-corrected chi connectivity index (χ1v) is 10.8. The number of ether oxygens (including phenoxy) is 2. The lowest BCUT2D eigenvalue weighted by atomic mass is 10.0. The fraction of sp³-hybridized carbons (Fsp3) is 0.333. The molecule has 0 spiro atoms. The van der Waals surface area contributed by atoms with Gasteiger partial charge in [-0.1, -0.05) is 18.2 Å².